The van der Waals surface area contributed by atoms with Gasteiger partial charge in [-0.15, -0.1) is 0 Å². The highest BCUT2D eigenvalue weighted by molar-refractivity contribution is 5.90. The highest BCUT2D eigenvalue weighted by Crippen LogP contribution is 2.35. The van der Waals surface area contributed by atoms with Gasteiger partial charge in [-0.2, -0.15) is 0 Å². The molecule has 0 unspecified atom stereocenters. The van der Waals surface area contributed by atoms with E-state index in [1.165, 1.54) is 63.0 Å². The quantitative estimate of drug-likeness (QED) is 0.580. The predicted octanol–water partition coefficient (Wildman–Crippen LogP) is 5.78. The largest absolute Gasteiger partial charge is 0.452 e. The first-order chi connectivity index (χ1) is 13.8. The number of fused-ring (bicyclic) bond motifs is 1. The van der Waals surface area contributed by atoms with Crippen LogP contribution in [0.5, 0.6) is 0 Å². The Morgan fingerprint density at radius 1 is 0.786 bits per heavy atom. The number of anilines is 2. The number of aryl methyl sites for hydroxylation is 1. The van der Waals surface area contributed by atoms with Crippen molar-refractivity contribution in [1.29, 1.82) is 0 Å². The summed E-state index contributed by atoms with van der Waals surface area (Å²) in [5.74, 6) is 0.913. The molecular formula is C24H29N3O. The average molecular weight is 376 g/mol. The van der Waals surface area contributed by atoms with Gasteiger partial charge < -0.3 is 14.2 Å². The monoisotopic (exact) mass is 375 g/mol. The lowest BCUT2D eigenvalue weighted by molar-refractivity contribution is 0.571. The number of furan rings is 1. The van der Waals surface area contributed by atoms with Gasteiger partial charge in [-0.05, 0) is 75.8 Å². The second kappa shape index (κ2) is 7.50. The molecule has 3 aromatic rings. The molecule has 2 aliphatic rings. The van der Waals surface area contributed by atoms with Gasteiger partial charge in [0.2, 0.25) is 0 Å². The summed E-state index contributed by atoms with van der Waals surface area (Å²) >= 11 is 0. The van der Waals surface area contributed by atoms with Crippen LogP contribution >= 0.6 is 0 Å². The van der Waals surface area contributed by atoms with Gasteiger partial charge in [0.05, 0.1) is 5.69 Å². The predicted molar refractivity (Wildman–Crippen MR) is 116 cm³/mol. The molecule has 0 aliphatic carbocycles. The number of hydrogen-bond acceptors (Lipinski definition) is 4. The summed E-state index contributed by atoms with van der Waals surface area (Å²) in [6.45, 7) is 6.64. The van der Waals surface area contributed by atoms with E-state index >= 15 is 0 Å². The van der Waals surface area contributed by atoms with Crippen LogP contribution < -0.4 is 9.80 Å². The summed E-state index contributed by atoms with van der Waals surface area (Å²) in [6, 6.07) is 13.1. The second-order valence-electron chi connectivity index (χ2n) is 8.25. The van der Waals surface area contributed by atoms with Crippen LogP contribution in [0, 0.1) is 6.92 Å². The molecule has 0 saturated carbocycles. The fourth-order valence-electron chi connectivity index (χ4n) is 4.63. The van der Waals surface area contributed by atoms with Gasteiger partial charge in [0.25, 0.3) is 0 Å². The van der Waals surface area contributed by atoms with Crippen LogP contribution in [0.25, 0.3) is 22.4 Å². The molecule has 4 heterocycles. The lowest BCUT2D eigenvalue weighted by Gasteiger charge is -2.29. The number of rotatable bonds is 3. The maximum absolute atomic E-state index is 6.36. The number of piperidine rings is 2. The van der Waals surface area contributed by atoms with E-state index in [1.54, 1.807) is 0 Å². The van der Waals surface area contributed by atoms with Crippen LogP contribution in [0.1, 0.15) is 44.2 Å². The molecule has 146 valence electrons. The molecule has 2 aromatic heterocycles. The standard InChI is InChI=1S/C24H29N3O/c1-18-16-22(27-14-6-3-7-15-27)24-21(25-18)17-23(28-24)19-8-10-20(11-9-19)26-12-4-2-5-13-26/h8-11,16-17H,2-7,12-15H2,1H3. The smallest absolute Gasteiger partial charge is 0.176 e. The van der Waals surface area contributed by atoms with Crippen LogP contribution in [0.3, 0.4) is 0 Å². The van der Waals surface area contributed by atoms with E-state index in [-0.39, 0.29) is 0 Å². The number of nitrogens with zero attached hydrogens (tertiary/aromatic N) is 3. The SMILES string of the molecule is Cc1cc(N2CCCCC2)c2oc(-c3ccc(N4CCCCC4)cc3)cc2n1. The lowest BCUT2D eigenvalue weighted by atomic mass is 10.1. The molecule has 0 radical (unpaired) electrons. The van der Waals surface area contributed by atoms with Gasteiger partial charge >= 0.3 is 0 Å². The summed E-state index contributed by atoms with van der Waals surface area (Å²) in [5.41, 5.74) is 6.61. The lowest BCUT2D eigenvalue weighted by Crippen LogP contribution is -2.29. The molecule has 4 heteroatoms. The molecule has 5 rings (SSSR count). The minimum atomic E-state index is 0.913. The Bertz CT molecular complexity index is 948. The number of pyridine rings is 1. The summed E-state index contributed by atoms with van der Waals surface area (Å²) in [7, 11) is 0. The Morgan fingerprint density at radius 3 is 2.11 bits per heavy atom. The summed E-state index contributed by atoms with van der Waals surface area (Å²) < 4.78 is 6.36. The zero-order valence-corrected chi connectivity index (χ0v) is 16.8. The van der Waals surface area contributed by atoms with Crippen molar-refractivity contribution in [3.05, 3.63) is 42.1 Å². The third kappa shape index (κ3) is 3.36. The average Bonchev–Trinajstić information content (AvgIpc) is 3.18. The molecule has 0 spiro atoms. The van der Waals surface area contributed by atoms with Crippen molar-refractivity contribution < 1.29 is 4.42 Å². The Morgan fingerprint density at radius 2 is 1.43 bits per heavy atom. The van der Waals surface area contributed by atoms with E-state index in [1.807, 2.05) is 0 Å². The first-order valence-corrected chi connectivity index (χ1v) is 10.8. The Labute approximate surface area is 167 Å². The Balaban J connectivity index is 1.47. The fourth-order valence-corrected chi connectivity index (χ4v) is 4.63. The van der Waals surface area contributed by atoms with E-state index in [4.69, 9.17) is 9.40 Å². The molecule has 28 heavy (non-hydrogen) atoms. The summed E-state index contributed by atoms with van der Waals surface area (Å²) in [4.78, 5) is 9.70. The third-order valence-electron chi connectivity index (χ3n) is 6.16. The van der Waals surface area contributed by atoms with Gasteiger partial charge in [0.15, 0.2) is 5.58 Å². The van der Waals surface area contributed by atoms with Crippen molar-refractivity contribution in [2.24, 2.45) is 0 Å². The van der Waals surface area contributed by atoms with Crippen molar-refractivity contribution in [2.75, 3.05) is 36.0 Å². The third-order valence-corrected chi connectivity index (χ3v) is 6.16. The van der Waals surface area contributed by atoms with Gasteiger partial charge in [-0.25, -0.2) is 4.98 Å². The van der Waals surface area contributed by atoms with Gasteiger partial charge in [0, 0.05) is 49.2 Å². The Kier molecular flexibility index (Phi) is 4.71. The highest BCUT2D eigenvalue weighted by Gasteiger charge is 2.19. The van der Waals surface area contributed by atoms with Crippen LogP contribution in [-0.4, -0.2) is 31.2 Å². The molecule has 0 bridgehead atoms. The van der Waals surface area contributed by atoms with Gasteiger partial charge in [0.1, 0.15) is 11.3 Å². The zero-order chi connectivity index (χ0) is 18.9. The minimum absolute atomic E-state index is 0.913. The first-order valence-electron chi connectivity index (χ1n) is 10.8. The van der Waals surface area contributed by atoms with Gasteiger partial charge in [-0.1, -0.05) is 0 Å². The molecule has 0 amide bonds. The molecule has 2 aliphatic heterocycles. The van der Waals surface area contributed by atoms with E-state index in [0.29, 0.717) is 0 Å². The zero-order valence-electron chi connectivity index (χ0n) is 16.8. The van der Waals surface area contributed by atoms with E-state index < -0.39 is 0 Å². The van der Waals surface area contributed by atoms with Crippen LogP contribution in [0.2, 0.25) is 0 Å². The highest BCUT2D eigenvalue weighted by atomic mass is 16.3. The first kappa shape index (κ1) is 17.6. The number of aromatic nitrogens is 1. The van der Waals surface area contributed by atoms with E-state index in [2.05, 4.69) is 53.1 Å². The van der Waals surface area contributed by atoms with Crippen molar-refractivity contribution in [3.8, 4) is 11.3 Å². The number of benzene rings is 1. The van der Waals surface area contributed by atoms with Crippen LogP contribution in [0.4, 0.5) is 11.4 Å². The summed E-state index contributed by atoms with van der Waals surface area (Å²) in [6.07, 6.45) is 7.81. The maximum atomic E-state index is 6.36. The second-order valence-corrected chi connectivity index (χ2v) is 8.25. The molecule has 4 nitrogen and oxygen atoms in total. The van der Waals surface area contributed by atoms with Crippen LogP contribution in [0.15, 0.2) is 40.8 Å². The van der Waals surface area contributed by atoms with Crippen molar-refractivity contribution in [2.45, 2.75) is 45.4 Å². The minimum Gasteiger partial charge on any atom is -0.452 e. The van der Waals surface area contributed by atoms with E-state index in [0.717, 1.165) is 41.2 Å². The van der Waals surface area contributed by atoms with Crippen LogP contribution in [-0.2, 0) is 0 Å². The van der Waals surface area contributed by atoms with E-state index in [9.17, 15) is 0 Å². The molecule has 0 N–H and O–H groups in total. The van der Waals surface area contributed by atoms with Crippen molar-refractivity contribution in [1.82, 2.24) is 4.98 Å². The number of hydrogen-bond donors (Lipinski definition) is 0. The van der Waals surface area contributed by atoms with Crippen molar-refractivity contribution in [3.63, 3.8) is 0 Å². The molecule has 2 fully saturated rings. The summed E-state index contributed by atoms with van der Waals surface area (Å²) in [5, 5.41) is 0. The van der Waals surface area contributed by atoms with Gasteiger partial charge in [-0.3, -0.25) is 0 Å². The normalized spacial score (nSPS) is 18.0. The molecule has 0 atom stereocenters. The molecule has 2 saturated heterocycles. The Hall–Kier alpha value is -2.49. The van der Waals surface area contributed by atoms with Crippen molar-refractivity contribution >= 4 is 22.5 Å². The topological polar surface area (TPSA) is 32.5 Å². The molecule has 1 aromatic carbocycles. The molecular weight excluding hydrogens is 346 g/mol. The fraction of sp³-hybridized carbons (Fsp3) is 0.458. The maximum Gasteiger partial charge on any atom is 0.176 e.